The van der Waals surface area contributed by atoms with E-state index in [4.69, 9.17) is 5.73 Å². The number of benzene rings is 1. The quantitative estimate of drug-likeness (QED) is 0.707. The summed E-state index contributed by atoms with van der Waals surface area (Å²) in [6.45, 7) is 0.909. The molecule has 0 bridgehead atoms. The molecule has 1 aromatic rings. The van der Waals surface area contributed by atoms with Crippen molar-refractivity contribution in [2.24, 2.45) is 17.1 Å². The van der Waals surface area contributed by atoms with E-state index in [2.05, 4.69) is 21.2 Å². The van der Waals surface area contributed by atoms with Crippen LogP contribution >= 0.6 is 15.9 Å². The molecule has 1 heterocycles. The van der Waals surface area contributed by atoms with Crippen molar-refractivity contribution in [3.05, 3.63) is 57.0 Å². The van der Waals surface area contributed by atoms with Gasteiger partial charge in [0.15, 0.2) is 0 Å². The van der Waals surface area contributed by atoms with Crippen LogP contribution in [0, 0.1) is 51.1 Å². The van der Waals surface area contributed by atoms with Crippen LogP contribution in [0.1, 0.15) is 11.5 Å². The largest absolute Gasteiger partial charge is 0.399 e. The first-order chi connectivity index (χ1) is 12.0. The Morgan fingerprint density at radius 2 is 2.00 bits per heavy atom. The normalized spacial score (nSPS) is 24.4. The zero-order chi connectivity index (χ0) is 18.2. The Labute approximate surface area is 153 Å². The highest BCUT2D eigenvalue weighted by atomic mass is 79.9. The van der Waals surface area contributed by atoms with Gasteiger partial charge < -0.3 is 11.1 Å². The van der Waals surface area contributed by atoms with Crippen LogP contribution in [0.15, 0.2) is 45.6 Å². The lowest BCUT2D eigenvalue weighted by Gasteiger charge is -2.42. The molecule has 5 nitrogen and oxygen atoms in total. The molecule has 1 aromatic carbocycles. The molecule has 0 spiro atoms. The molecule has 1 aliphatic carbocycles. The van der Waals surface area contributed by atoms with Crippen LogP contribution in [0.3, 0.4) is 0 Å². The topological polar surface area (TPSA) is 109 Å². The smallest absolute Gasteiger partial charge is 0.204 e. The monoisotopic (exact) mass is 397 g/mol. The second-order valence-electron chi connectivity index (χ2n) is 5.98. The number of nitrogens with zero attached hydrogens (tertiary/aromatic N) is 3. The summed E-state index contributed by atoms with van der Waals surface area (Å²) in [4.78, 5) is 0. The van der Waals surface area contributed by atoms with E-state index in [1.807, 2.05) is 18.2 Å². The molecule has 1 aliphatic heterocycles. The molecule has 2 atom stereocenters. The second kappa shape index (κ2) is 6.33. The number of nitriles is 3. The van der Waals surface area contributed by atoms with E-state index in [9.17, 15) is 20.2 Å². The summed E-state index contributed by atoms with van der Waals surface area (Å²) in [6.07, 6.45) is 1.75. The van der Waals surface area contributed by atoms with Crippen LogP contribution in [0.5, 0.6) is 0 Å². The van der Waals surface area contributed by atoms with E-state index >= 15 is 0 Å². The molecule has 0 amide bonds. The molecule has 0 saturated carbocycles. The van der Waals surface area contributed by atoms with Crippen LogP contribution in [0.4, 0.5) is 4.39 Å². The van der Waals surface area contributed by atoms with Gasteiger partial charge in [0.25, 0.3) is 0 Å². The molecule has 2 aliphatic rings. The molecule has 0 fully saturated rings. The van der Waals surface area contributed by atoms with Crippen molar-refractivity contribution in [2.75, 3.05) is 13.1 Å². The predicted molar refractivity (Wildman–Crippen MR) is 91.8 cm³/mol. The van der Waals surface area contributed by atoms with Crippen molar-refractivity contribution in [1.29, 1.82) is 15.8 Å². The zero-order valence-electron chi connectivity index (χ0n) is 13.1. The zero-order valence-corrected chi connectivity index (χ0v) is 14.6. The van der Waals surface area contributed by atoms with Gasteiger partial charge in [0.1, 0.15) is 5.82 Å². The minimum atomic E-state index is -1.68. The molecule has 124 valence electrons. The van der Waals surface area contributed by atoms with E-state index in [0.29, 0.717) is 28.7 Å². The molecular formula is C18H13BrFN5. The second-order valence-corrected chi connectivity index (χ2v) is 6.90. The van der Waals surface area contributed by atoms with Crippen LogP contribution in [0.25, 0.3) is 0 Å². The molecule has 0 saturated heterocycles. The van der Waals surface area contributed by atoms with E-state index in [0.717, 1.165) is 0 Å². The van der Waals surface area contributed by atoms with Crippen LogP contribution in [0.2, 0.25) is 0 Å². The number of fused-ring (bicyclic) bond motifs is 1. The van der Waals surface area contributed by atoms with Gasteiger partial charge >= 0.3 is 0 Å². The minimum Gasteiger partial charge on any atom is -0.399 e. The summed E-state index contributed by atoms with van der Waals surface area (Å²) in [5.74, 6) is -1.52. The Morgan fingerprint density at radius 3 is 2.64 bits per heavy atom. The van der Waals surface area contributed by atoms with Crippen LogP contribution in [-0.4, -0.2) is 13.1 Å². The number of halogens is 2. The molecule has 25 heavy (non-hydrogen) atoms. The van der Waals surface area contributed by atoms with Gasteiger partial charge in [0.05, 0.1) is 29.5 Å². The Bertz CT molecular complexity index is 914. The van der Waals surface area contributed by atoms with Crippen molar-refractivity contribution in [3.63, 3.8) is 0 Å². The molecule has 3 rings (SSSR count). The van der Waals surface area contributed by atoms with Gasteiger partial charge in [0.2, 0.25) is 5.41 Å². The first-order valence-electron chi connectivity index (χ1n) is 7.59. The SMILES string of the molecule is N#CC1=C(N)C(C#N)(C#N)C2=CCNC[C@@H]2[C@@H]1c1cc(Br)ccc1F. The summed E-state index contributed by atoms with van der Waals surface area (Å²) < 4.78 is 15.2. The summed E-state index contributed by atoms with van der Waals surface area (Å²) >= 11 is 3.33. The summed E-state index contributed by atoms with van der Waals surface area (Å²) in [7, 11) is 0. The molecule has 7 heteroatoms. The Kier molecular flexibility index (Phi) is 4.35. The highest BCUT2D eigenvalue weighted by molar-refractivity contribution is 9.10. The standard InChI is InChI=1S/C18H13BrFN5/c19-10-1-2-15(20)11(5-10)16-12(6-21)17(24)18(8-22,9-23)14-3-4-25-7-13(14)16/h1-3,5,13,16,25H,4,7,24H2/t13-,16+/m0/s1. The highest BCUT2D eigenvalue weighted by Crippen LogP contribution is 2.52. The van der Waals surface area contributed by atoms with Gasteiger partial charge in [-0.25, -0.2) is 4.39 Å². The van der Waals surface area contributed by atoms with E-state index in [1.54, 1.807) is 18.2 Å². The van der Waals surface area contributed by atoms with Gasteiger partial charge in [-0.05, 0) is 29.3 Å². The van der Waals surface area contributed by atoms with Crippen LogP contribution in [-0.2, 0) is 0 Å². The van der Waals surface area contributed by atoms with Gasteiger partial charge in [-0.2, -0.15) is 15.8 Å². The van der Waals surface area contributed by atoms with E-state index < -0.39 is 23.1 Å². The third kappa shape index (κ3) is 2.43. The van der Waals surface area contributed by atoms with Crippen molar-refractivity contribution in [2.45, 2.75) is 5.92 Å². The maximum atomic E-state index is 14.5. The predicted octanol–water partition coefficient (Wildman–Crippen LogP) is 2.60. The van der Waals surface area contributed by atoms with Crippen molar-refractivity contribution >= 4 is 15.9 Å². The number of hydrogen-bond acceptors (Lipinski definition) is 5. The molecule has 0 radical (unpaired) electrons. The summed E-state index contributed by atoms with van der Waals surface area (Å²) in [6, 6.07) is 10.5. The third-order valence-electron chi connectivity index (χ3n) is 4.82. The average Bonchev–Trinajstić information content (AvgIpc) is 2.63. The fourth-order valence-corrected chi connectivity index (χ4v) is 4.05. The fourth-order valence-electron chi connectivity index (χ4n) is 3.67. The lowest BCUT2D eigenvalue weighted by molar-refractivity contribution is 0.397. The van der Waals surface area contributed by atoms with Crippen molar-refractivity contribution in [3.8, 4) is 18.2 Å². The summed E-state index contributed by atoms with van der Waals surface area (Å²) in [5, 5.41) is 32.2. The first-order valence-corrected chi connectivity index (χ1v) is 8.38. The Morgan fingerprint density at radius 1 is 1.28 bits per heavy atom. The van der Waals surface area contributed by atoms with E-state index in [1.165, 1.54) is 6.07 Å². The van der Waals surface area contributed by atoms with Gasteiger partial charge in [-0.3, -0.25) is 0 Å². The highest BCUT2D eigenvalue weighted by Gasteiger charge is 2.52. The maximum Gasteiger partial charge on any atom is 0.204 e. The Hall–Kier alpha value is -2.66. The van der Waals surface area contributed by atoms with Gasteiger partial charge in [-0.1, -0.05) is 22.0 Å². The lowest BCUT2D eigenvalue weighted by Crippen LogP contribution is -2.46. The van der Waals surface area contributed by atoms with Gasteiger partial charge in [-0.15, -0.1) is 0 Å². The molecule has 0 aromatic heterocycles. The molecule has 3 N–H and O–H groups in total. The van der Waals surface area contributed by atoms with Crippen LogP contribution < -0.4 is 11.1 Å². The number of hydrogen-bond donors (Lipinski definition) is 2. The van der Waals surface area contributed by atoms with Gasteiger partial charge in [0, 0.05) is 29.4 Å². The number of allylic oxidation sites excluding steroid dienone is 2. The number of rotatable bonds is 1. The number of nitrogens with one attached hydrogen (secondary N) is 1. The first kappa shape index (κ1) is 17.2. The maximum absolute atomic E-state index is 14.5. The molecular weight excluding hydrogens is 385 g/mol. The van der Waals surface area contributed by atoms with E-state index in [-0.39, 0.29) is 11.3 Å². The van der Waals surface area contributed by atoms with Crippen molar-refractivity contribution < 1.29 is 4.39 Å². The fraction of sp³-hybridized carbons (Fsp3) is 0.278. The lowest BCUT2D eigenvalue weighted by atomic mass is 9.60. The minimum absolute atomic E-state index is 0.0750. The third-order valence-corrected chi connectivity index (χ3v) is 5.31. The van der Waals surface area contributed by atoms with Crippen molar-refractivity contribution in [1.82, 2.24) is 5.32 Å². The number of nitrogens with two attached hydrogens (primary N) is 1. The average molecular weight is 398 g/mol. The summed E-state index contributed by atoms with van der Waals surface area (Å²) in [5.41, 5.74) is 5.27. The Balaban J connectivity index is 2.35. The molecule has 0 unspecified atom stereocenters.